The van der Waals surface area contributed by atoms with E-state index >= 15 is 0 Å². The Morgan fingerprint density at radius 3 is 2.71 bits per heavy atom. The van der Waals surface area contributed by atoms with Crippen molar-refractivity contribution >= 4 is 11.8 Å². The van der Waals surface area contributed by atoms with Gasteiger partial charge < -0.3 is 0 Å². The molecule has 3 N–H and O–H groups in total. The second-order valence-corrected chi connectivity index (χ2v) is 5.91. The minimum atomic E-state index is 0.320. The lowest BCUT2D eigenvalue weighted by molar-refractivity contribution is 0.400. The molecule has 0 bridgehead atoms. The van der Waals surface area contributed by atoms with Crippen LogP contribution in [0.15, 0.2) is 24.3 Å². The number of thioether (sulfide) groups is 1. The smallest absolute Gasteiger partial charge is 0.0496 e. The number of hydrogen-bond donors (Lipinski definition) is 2. The van der Waals surface area contributed by atoms with Crippen LogP contribution in [0.25, 0.3) is 0 Å². The van der Waals surface area contributed by atoms with Crippen molar-refractivity contribution in [1.29, 1.82) is 0 Å². The fraction of sp³-hybridized carbons (Fsp3) is 0.571. The molecule has 1 aromatic rings. The molecule has 2 unspecified atom stereocenters. The zero-order chi connectivity index (χ0) is 12.1. The van der Waals surface area contributed by atoms with Crippen molar-refractivity contribution in [3.63, 3.8) is 0 Å². The number of nitrogens with one attached hydrogen (secondary N) is 1. The molecule has 17 heavy (non-hydrogen) atoms. The first-order valence-electron chi connectivity index (χ1n) is 6.48. The minimum Gasteiger partial charge on any atom is -0.271 e. The van der Waals surface area contributed by atoms with Gasteiger partial charge in [-0.25, -0.2) is 0 Å². The van der Waals surface area contributed by atoms with Crippen molar-refractivity contribution in [2.75, 3.05) is 11.5 Å². The van der Waals surface area contributed by atoms with Crippen LogP contribution in [0.5, 0.6) is 0 Å². The molecule has 3 heteroatoms. The number of benzene rings is 1. The monoisotopic (exact) mass is 250 g/mol. The van der Waals surface area contributed by atoms with Crippen LogP contribution in [0.2, 0.25) is 0 Å². The molecule has 1 aromatic carbocycles. The zero-order valence-electron chi connectivity index (χ0n) is 10.5. The van der Waals surface area contributed by atoms with Crippen LogP contribution in [0.4, 0.5) is 0 Å². The van der Waals surface area contributed by atoms with E-state index in [-0.39, 0.29) is 0 Å². The molecule has 1 heterocycles. The first-order chi connectivity index (χ1) is 8.35. The van der Waals surface area contributed by atoms with E-state index in [9.17, 15) is 0 Å². The Labute approximate surface area is 108 Å². The summed E-state index contributed by atoms with van der Waals surface area (Å²) in [6.07, 6.45) is 3.65. The predicted octanol–water partition coefficient (Wildman–Crippen LogP) is 2.90. The van der Waals surface area contributed by atoms with E-state index in [1.807, 2.05) is 11.8 Å². The minimum absolute atomic E-state index is 0.320. The van der Waals surface area contributed by atoms with E-state index < -0.39 is 0 Å². The first kappa shape index (κ1) is 12.9. The molecule has 2 rings (SSSR count). The maximum atomic E-state index is 5.72. The van der Waals surface area contributed by atoms with Crippen molar-refractivity contribution in [3.05, 3.63) is 35.4 Å². The molecular formula is C14H22N2S. The van der Waals surface area contributed by atoms with Gasteiger partial charge in [0.1, 0.15) is 0 Å². The quantitative estimate of drug-likeness (QED) is 0.623. The van der Waals surface area contributed by atoms with Crippen LogP contribution in [-0.2, 0) is 6.42 Å². The molecule has 1 aliphatic heterocycles. The maximum absolute atomic E-state index is 5.72. The molecule has 1 aliphatic rings. The van der Waals surface area contributed by atoms with Gasteiger partial charge >= 0.3 is 0 Å². The summed E-state index contributed by atoms with van der Waals surface area (Å²) < 4.78 is 0. The second kappa shape index (κ2) is 6.43. The van der Waals surface area contributed by atoms with Crippen LogP contribution in [-0.4, -0.2) is 11.5 Å². The van der Waals surface area contributed by atoms with Crippen LogP contribution >= 0.6 is 11.8 Å². The third-order valence-electron chi connectivity index (χ3n) is 3.49. The van der Waals surface area contributed by atoms with Crippen LogP contribution in [0.1, 0.15) is 36.9 Å². The molecule has 0 aliphatic carbocycles. The van der Waals surface area contributed by atoms with Crippen molar-refractivity contribution in [2.24, 2.45) is 11.8 Å². The summed E-state index contributed by atoms with van der Waals surface area (Å²) in [5, 5.41) is 0. The summed E-state index contributed by atoms with van der Waals surface area (Å²) in [5.41, 5.74) is 5.76. The van der Waals surface area contributed by atoms with Crippen molar-refractivity contribution in [3.8, 4) is 0 Å². The van der Waals surface area contributed by atoms with Gasteiger partial charge in [0.05, 0.1) is 0 Å². The summed E-state index contributed by atoms with van der Waals surface area (Å²) in [4.78, 5) is 0. The van der Waals surface area contributed by atoms with Gasteiger partial charge in [-0.2, -0.15) is 11.8 Å². The first-order valence-corrected chi connectivity index (χ1v) is 7.63. The average Bonchev–Trinajstić information content (AvgIpc) is 2.86. The maximum Gasteiger partial charge on any atom is 0.0496 e. The molecule has 2 nitrogen and oxygen atoms in total. The van der Waals surface area contributed by atoms with E-state index in [4.69, 9.17) is 5.84 Å². The Balaban J connectivity index is 2.07. The lowest BCUT2D eigenvalue weighted by atomic mass is 9.92. The fourth-order valence-corrected chi connectivity index (χ4v) is 3.80. The standard InChI is InChI=1S/C14H22N2S/c1-2-3-11-4-6-12(7-5-11)14(16-15)13-8-9-17-10-13/h4-7,13-14,16H,2-3,8-10,15H2,1H3. The van der Waals surface area contributed by atoms with Crippen LogP contribution in [0, 0.1) is 5.92 Å². The highest BCUT2D eigenvalue weighted by Gasteiger charge is 2.25. The molecule has 0 spiro atoms. The molecule has 0 radical (unpaired) electrons. The Hall–Kier alpha value is -0.510. The number of hydrazine groups is 1. The third-order valence-corrected chi connectivity index (χ3v) is 4.68. The molecule has 94 valence electrons. The molecule has 0 aromatic heterocycles. The number of hydrogen-bond acceptors (Lipinski definition) is 3. The summed E-state index contributed by atoms with van der Waals surface area (Å²) >= 11 is 2.04. The van der Waals surface area contributed by atoms with Gasteiger partial charge in [0.15, 0.2) is 0 Å². The number of rotatable bonds is 5. The molecule has 1 fully saturated rings. The van der Waals surface area contributed by atoms with E-state index in [0.29, 0.717) is 12.0 Å². The lowest BCUT2D eigenvalue weighted by Crippen LogP contribution is -2.33. The fourth-order valence-electron chi connectivity index (χ4n) is 2.50. The van der Waals surface area contributed by atoms with Gasteiger partial charge in [0.25, 0.3) is 0 Å². The lowest BCUT2D eigenvalue weighted by Gasteiger charge is -2.22. The molecule has 2 atom stereocenters. The van der Waals surface area contributed by atoms with Crippen LogP contribution in [0.3, 0.4) is 0 Å². The normalized spacial score (nSPS) is 21.6. The number of aryl methyl sites for hydroxylation is 1. The largest absolute Gasteiger partial charge is 0.271 e. The SMILES string of the molecule is CCCc1ccc(C(NN)C2CCSC2)cc1. The van der Waals surface area contributed by atoms with Gasteiger partial charge in [-0.1, -0.05) is 37.6 Å². The summed E-state index contributed by atoms with van der Waals surface area (Å²) in [6.45, 7) is 2.22. The Kier molecular flexibility index (Phi) is 4.89. The van der Waals surface area contributed by atoms with E-state index in [1.165, 1.54) is 41.9 Å². The van der Waals surface area contributed by atoms with Gasteiger partial charge in [-0.3, -0.25) is 11.3 Å². The van der Waals surface area contributed by atoms with Crippen molar-refractivity contribution < 1.29 is 0 Å². The molecule has 0 amide bonds. The van der Waals surface area contributed by atoms with Crippen molar-refractivity contribution in [2.45, 2.75) is 32.2 Å². The highest BCUT2D eigenvalue weighted by molar-refractivity contribution is 7.99. The molecular weight excluding hydrogens is 228 g/mol. The molecule has 1 saturated heterocycles. The van der Waals surface area contributed by atoms with Gasteiger partial charge in [0, 0.05) is 6.04 Å². The third kappa shape index (κ3) is 3.24. The highest BCUT2D eigenvalue weighted by Crippen LogP contribution is 2.33. The summed E-state index contributed by atoms with van der Waals surface area (Å²) in [6, 6.07) is 9.27. The van der Waals surface area contributed by atoms with Gasteiger partial charge in [-0.05, 0) is 41.4 Å². The van der Waals surface area contributed by atoms with E-state index in [2.05, 4.69) is 36.6 Å². The topological polar surface area (TPSA) is 38.0 Å². The summed E-state index contributed by atoms with van der Waals surface area (Å²) in [7, 11) is 0. The van der Waals surface area contributed by atoms with Gasteiger partial charge in [0.2, 0.25) is 0 Å². The van der Waals surface area contributed by atoms with Gasteiger partial charge in [-0.15, -0.1) is 0 Å². The average molecular weight is 250 g/mol. The van der Waals surface area contributed by atoms with Crippen molar-refractivity contribution in [1.82, 2.24) is 5.43 Å². The Bertz CT molecular complexity index is 331. The predicted molar refractivity (Wildman–Crippen MR) is 75.9 cm³/mol. The molecule has 0 saturated carbocycles. The second-order valence-electron chi connectivity index (χ2n) is 4.76. The highest BCUT2D eigenvalue weighted by atomic mass is 32.2. The zero-order valence-corrected chi connectivity index (χ0v) is 11.3. The summed E-state index contributed by atoms with van der Waals surface area (Å²) in [5.74, 6) is 8.91. The van der Waals surface area contributed by atoms with Crippen LogP contribution < -0.4 is 11.3 Å². The van der Waals surface area contributed by atoms with E-state index in [1.54, 1.807) is 0 Å². The Morgan fingerprint density at radius 2 is 2.18 bits per heavy atom. The number of nitrogens with two attached hydrogens (primary N) is 1. The Morgan fingerprint density at radius 1 is 1.41 bits per heavy atom. The van der Waals surface area contributed by atoms with E-state index in [0.717, 1.165) is 0 Å².